The summed E-state index contributed by atoms with van der Waals surface area (Å²) in [6, 6.07) is 5.88. The average molecular weight is 283 g/mol. The third kappa shape index (κ3) is 2.05. The lowest BCUT2D eigenvalue weighted by atomic mass is 9.94. The van der Waals surface area contributed by atoms with Crippen molar-refractivity contribution in [3.8, 4) is 0 Å². The number of fused-ring (bicyclic) bond motifs is 1. The molecule has 108 valence electrons. The molecule has 3 rings (SSSR count). The SMILES string of the molecule is Cc1ccc(N2Cc3c(ccnc3C(=O)O)C2(C)C)nc1. The van der Waals surface area contributed by atoms with Gasteiger partial charge in [0.15, 0.2) is 5.69 Å². The van der Waals surface area contributed by atoms with Crippen molar-refractivity contribution >= 4 is 11.8 Å². The molecular weight excluding hydrogens is 266 g/mol. The van der Waals surface area contributed by atoms with Gasteiger partial charge in [-0.25, -0.2) is 14.8 Å². The van der Waals surface area contributed by atoms with Gasteiger partial charge in [-0.05, 0) is 44.0 Å². The van der Waals surface area contributed by atoms with Crippen LogP contribution in [0.15, 0.2) is 30.6 Å². The molecule has 1 N–H and O–H groups in total. The molecule has 5 heteroatoms. The number of aromatic nitrogens is 2. The van der Waals surface area contributed by atoms with Gasteiger partial charge in [-0.3, -0.25) is 0 Å². The Balaban J connectivity index is 2.10. The van der Waals surface area contributed by atoms with E-state index < -0.39 is 5.97 Å². The maximum atomic E-state index is 11.4. The summed E-state index contributed by atoms with van der Waals surface area (Å²) < 4.78 is 0. The molecule has 1 aliphatic rings. The molecule has 0 unspecified atom stereocenters. The van der Waals surface area contributed by atoms with Gasteiger partial charge in [-0.1, -0.05) is 6.07 Å². The molecule has 0 saturated carbocycles. The van der Waals surface area contributed by atoms with Crippen LogP contribution in [0.3, 0.4) is 0 Å². The van der Waals surface area contributed by atoms with Crippen molar-refractivity contribution in [2.24, 2.45) is 0 Å². The molecule has 0 saturated heterocycles. The molecule has 3 heterocycles. The van der Waals surface area contributed by atoms with Crippen LogP contribution in [0.5, 0.6) is 0 Å². The summed E-state index contributed by atoms with van der Waals surface area (Å²) >= 11 is 0. The van der Waals surface area contributed by atoms with Crippen LogP contribution >= 0.6 is 0 Å². The monoisotopic (exact) mass is 283 g/mol. The van der Waals surface area contributed by atoms with Gasteiger partial charge in [0.1, 0.15) is 5.82 Å². The summed E-state index contributed by atoms with van der Waals surface area (Å²) in [7, 11) is 0. The highest BCUT2D eigenvalue weighted by atomic mass is 16.4. The molecule has 5 nitrogen and oxygen atoms in total. The number of nitrogens with zero attached hydrogens (tertiary/aromatic N) is 3. The molecular formula is C16H17N3O2. The molecule has 2 aromatic heterocycles. The molecule has 2 aromatic rings. The van der Waals surface area contributed by atoms with Crippen LogP contribution in [0.25, 0.3) is 0 Å². The van der Waals surface area contributed by atoms with Crippen LogP contribution in [-0.4, -0.2) is 21.0 Å². The molecule has 0 aliphatic carbocycles. The first-order valence-corrected chi connectivity index (χ1v) is 6.83. The highest BCUT2D eigenvalue weighted by molar-refractivity contribution is 5.88. The average Bonchev–Trinajstić information content (AvgIpc) is 2.71. The van der Waals surface area contributed by atoms with Crippen LogP contribution in [0.2, 0.25) is 0 Å². The maximum absolute atomic E-state index is 11.4. The smallest absolute Gasteiger partial charge is 0.354 e. The Morgan fingerprint density at radius 1 is 1.29 bits per heavy atom. The number of hydrogen-bond donors (Lipinski definition) is 1. The van der Waals surface area contributed by atoms with Gasteiger partial charge in [0.2, 0.25) is 0 Å². The van der Waals surface area contributed by atoms with E-state index in [4.69, 9.17) is 0 Å². The topological polar surface area (TPSA) is 66.3 Å². The van der Waals surface area contributed by atoms with Crippen molar-refractivity contribution in [1.29, 1.82) is 0 Å². The molecule has 0 fully saturated rings. The van der Waals surface area contributed by atoms with Gasteiger partial charge in [-0.15, -0.1) is 0 Å². The van der Waals surface area contributed by atoms with Crippen LogP contribution in [0.1, 0.15) is 41.0 Å². The van der Waals surface area contributed by atoms with E-state index in [-0.39, 0.29) is 11.2 Å². The Morgan fingerprint density at radius 2 is 2.05 bits per heavy atom. The molecule has 1 aliphatic heterocycles. The lowest BCUT2D eigenvalue weighted by molar-refractivity contribution is 0.0689. The molecule has 0 amide bonds. The minimum Gasteiger partial charge on any atom is -0.477 e. The molecule has 0 atom stereocenters. The summed E-state index contributed by atoms with van der Waals surface area (Å²) in [6.07, 6.45) is 3.39. The van der Waals surface area contributed by atoms with E-state index in [0.29, 0.717) is 6.54 Å². The molecule has 0 spiro atoms. The Morgan fingerprint density at radius 3 is 2.67 bits per heavy atom. The van der Waals surface area contributed by atoms with Crippen molar-refractivity contribution in [1.82, 2.24) is 9.97 Å². The van der Waals surface area contributed by atoms with Gasteiger partial charge in [0.05, 0.1) is 5.54 Å². The van der Waals surface area contributed by atoms with Gasteiger partial charge in [0, 0.05) is 24.5 Å². The summed E-state index contributed by atoms with van der Waals surface area (Å²) in [4.78, 5) is 22.0. The number of aromatic carboxylic acids is 1. The number of pyridine rings is 2. The molecule has 0 radical (unpaired) electrons. The highest BCUT2D eigenvalue weighted by Crippen LogP contribution is 2.41. The zero-order valence-electron chi connectivity index (χ0n) is 12.3. The Hall–Kier alpha value is -2.43. The second-order valence-corrected chi connectivity index (χ2v) is 5.83. The second-order valence-electron chi connectivity index (χ2n) is 5.83. The first-order valence-electron chi connectivity index (χ1n) is 6.83. The van der Waals surface area contributed by atoms with E-state index in [0.717, 1.165) is 22.5 Å². The van der Waals surface area contributed by atoms with Crippen LogP contribution in [-0.2, 0) is 12.1 Å². The fraction of sp³-hybridized carbons (Fsp3) is 0.312. The van der Waals surface area contributed by atoms with Crippen LogP contribution in [0, 0.1) is 6.92 Å². The van der Waals surface area contributed by atoms with Gasteiger partial charge >= 0.3 is 5.97 Å². The molecule has 21 heavy (non-hydrogen) atoms. The van der Waals surface area contributed by atoms with E-state index in [1.54, 1.807) is 6.20 Å². The fourth-order valence-electron chi connectivity index (χ4n) is 2.90. The number of carboxylic acids is 1. The number of rotatable bonds is 2. The van der Waals surface area contributed by atoms with Gasteiger partial charge < -0.3 is 10.0 Å². The van der Waals surface area contributed by atoms with Gasteiger partial charge in [0.25, 0.3) is 0 Å². The zero-order chi connectivity index (χ0) is 15.2. The fourth-order valence-corrected chi connectivity index (χ4v) is 2.90. The van der Waals surface area contributed by atoms with Crippen LogP contribution in [0.4, 0.5) is 5.82 Å². The van der Waals surface area contributed by atoms with Gasteiger partial charge in [-0.2, -0.15) is 0 Å². The van der Waals surface area contributed by atoms with Crippen LogP contribution < -0.4 is 4.90 Å². The summed E-state index contributed by atoms with van der Waals surface area (Å²) in [5.41, 5.74) is 2.69. The number of carbonyl (C=O) groups is 1. The first kappa shape index (κ1) is 13.5. The number of hydrogen-bond acceptors (Lipinski definition) is 4. The number of anilines is 1. The predicted molar refractivity (Wildman–Crippen MR) is 79.4 cm³/mol. The number of aryl methyl sites for hydroxylation is 1. The Labute approximate surface area is 123 Å². The lowest BCUT2D eigenvalue weighted by Gasteiger charge is -2.33. The van der Waals surface area contributed by atoms with E-state index in [1.807, 2.05) is 31.3 Å². The molecule has 0 aromatic carbocycles. The minimum absolute atomic E-state index is 0.134. The molecule has 0 bridgehead atoms. The summed E-state index contributed by atoms with van der Waals surface area (Å²) in [5, 5.41) is 9.32. The van der Waals surface area contributed by atoms with Crippen molar-refractivity contribution in [2.45, 2.75) is 32.9 Å². The van der Waals surface area contributed by atoms with Crippen molar-refractivity contribution in [3.05, 3.63) is 53.0 Å². The van der Waals surface area contributed by atoms with Crippen molar-refractivity contribution in [3.63, 3.8) is 0 Å². The minimum atomic E-state index is -0.985. The largest absolute Gasteiger partial charge is 0.477 e. The maximum Gasteiger partial charge on any atom is 0.354 e. The number of carboxylic acid groups (broad SMARTS) is 1. The predicted octanol–water partition coefficient (Wildman–Crippen LogP) is 2.74. The zero-order valence-corrected chi connectivity index (χ0v) is 12.3. The standard InChI is InChI=1S/C16H17N3O2/c1-10-4-5-13(18-8-10)19-9-11-12(16(19,2)3)6-7-17-14(11)15(20)21/h4-8H,9H2,1-3H3,(H,20,21). The van der Waals surface area contributed by atoms with Crippen molar-refractivity contribution < 1.29 is 9.90 Å². The quantitative estimate of drug-likeness (QED) is 0.918. The van der Waals surface area contributed by atoms with E-state index in [9.17, 15) is 9.90 Å². The third-order valence-electron chi connectivity index (χ3n) is 4.08. The summed E-state index contributed by atoms with van der Waals surface area (Å²) in [6.45, 7) is 6.65. The Kier molecular flexibility index (Phi) is 2.93. The highest BCUT2D eigenvalue weighted by Gasteiger charge is 2.40. The Bertz CT molecular complexity index is 708. The van der Waals surface area contributed by atoms with E-state index >= 15 is 0 Å². The second kappa shape index (κ2) is 4.55. The van der Waals surface area contributed by atoms with Crippen molar-refractivity contribution in [2.75, 3.05) is 4.90 Å². The lowest BCUT2D eigenvalue weighted by Crippen LogP contribution is -2.35. The normalized spacial score (nSPS) is 15.9. The third-order valence-corrected chi connectivity index (χ3v) is 4.08. The first-order chi connectivity index (χ1) is 9.91. The van der Waals surface area contributed by atoms with E-state index in [2.05, 4.69) is 28.7 Å². The summed E-state index contributed by atoms with van der Waals surface area (Å²) in [5.74, 6) is -0.139. The van der Waals surface area contributed by atoms with E-state index in [1.165, 1.54) is 0 Å².